The van der Waals surface area contributed by atoms with Gasteiger partial charge in [-0.05, 0) is 26.7 Å². The fraction of sp³-hybridized carbons (Fsp3) is 0.933. The highest BCUT2D eigenvalue weighted by molar-refractivity contribution is 5.79. The minimum Gasteiger partial charge on any atom is -0.392 e. The van der Waals surface area contributed by atoms with E-state index in [1.165, 1.54) is 0 Å². The van der Waals surface area contributed by atoms with Crippen molar-refractivity contribution in [3.05, 3.63) is 0 Å². The molecule has 2 rings (SSSR count). The molecule has 2 fully saturated rings. The number of nitrogens with two attached hydrogens (primary N) is 1. The van der Waals surface area contributed by atoms with E-state index in [0.717, 1.165) is 19.3 Å². The zero-order valence-electron chi connectivity index (χ0n) is 12.8. The number of piperidine rings is 1. The lowest BCUT2D eigenvalue weighted by Gasteiger charge is -2.56. The van der Waals surface area contributed by atoms with Crippen molar-refractivity contribution < 1.29 is 14.6 Å². The summed E-state index contributed by atoms with van der Waals surface area (Å²) < 4.78 is 5.74. The molecule has 20 heavy (non-hydrogen) atoms. The Bertz CT molecular complexity index is 349. The predicted molar refractivity (Wildman–Crippen MR) is 77.1 cm³/mol. The predicted octanol–water partition coefficient (Wildman–Crippen LogP) is 0.748. The normalized spacial score (nSPS) is 31.8. The lowest BCUT2D eigenvalue weighted by Crippen LogP contribution is -2.63. The van der Waals surface area contributed by atoms with E-state index in [1.807, 2.05) is 25.7 Å². The van der Waals surface area contributed by atoms with Gasteiger partial charge < -0.3 is 20.5 Å². The van der Waals surface area contributed by atoms with Crippen molar-refractivity contribution in [3.8, 4) is 0 Å². The van der Waals surface area contributed by atoms with Crippen molar-refractivity contribution in [2.24, 2.45) is 17.1 Å². The summed E-state index contributed by atoms with van der Waals surface area (Å²) in [7, 11) is 0. The number of carbonyl (C=O) groups excluding carboxylic acids is 1. The molecule has 1 heterocycles. The van der Waals surface area contributed by atoms with Crippen LogP contribution in [-0.2, 0) is 9.53 Å². The highest BCUT2D eigenvalue weighted by Crippen LogP contribution is 2.51. The van der Waals surface area contributed by atoms with E-state index in [2.05, 4.69) is 0 Å². The third kappa shape index (κ3) is 2.59. The Balaban J connectivity index is 1.93. The van der Waals surface area contributed by atoms with Crippen LogP contribution in [0.1, 0.15) is 40.0 Å². The van der Waals surface area contributed by atoms with Crippen molar-refractivity contribution in [3.63, 3.8) is 0 Å². The van der Waals surface area contributed by atoms with Gasteiger partial charge in [-0.15, -0.1) is 0 Å². The minimum absolute atomic E-state index is 0.121. The van der Waals surface area contributed by atoms with E-state index in [9.17, 15) is 9.90 Å². The molecule has 1 saturated carbocycles. The van der Waals surface area contributed by atoms with Crippen LogP contribution in [-0.4, -0.2) is 53.9 Å². The maximum Gasteiger partial charge on any atom is 0.226 e. The molecule has 1 amide bonds. The van der Waals surface area contributed by atoms with E-state index in [1.54, 1.807) is 0 Å². The first-order chi connectivity index (χ1) is 9.42. The molecular formula is C15H28N2O3. The molecule has 0 aromatic carbocycles. The van der Waals surface area contributed by atoms with Crippen LogP contribution >= 0.6 is 0 Å². The van der Waals surface area contributed by atoms with Crippen LogP contribution in [0.25, 0.3) is 0 Å². The molecule has 0 bridgehead atoms. The van der Waals surface area contributed by atoms with Crippen LogP contribution in [0.3, 0.4) is 0 Å². The van der Waals surface area contributed by atoms with E-state index >= 15 is 0 Å². The molecule has 0 radical (unpaired) electrons. The molecular weight excluding hydrogens is 256 g/mol. The Morgan fingerprint density at radius 1 is 1.45 bits per heavy atom. The van der Waals surface area contributed by atoms with Crippen LogP contribution in [0, 0.1) is 11.3 Å². The van der Waals surface area contributed by atoms with Gasteiger partial charge in [-0.1, -0.05) is 6.92 Å². The van der Waals surface area contributed by atoms with Gasteiger partial charge >= 0.3 is 0 Å². The maximum absolute atomic E-state index is 12.3. The number of ether oxygens (including phenoxy) is 1. The second-order valence-corrected chi connectivity index (χ2v) is 6.40. The summed E-state index contributed by atoms with van der Waals surface area (Å²) in [6.07, 6.45) is 2.28. The topological polar surface area (TPSA) is 75.8 Å². The average molecular weight is 284 g/mol. The average Bonchev–Trinajstić information content (AvgIpc) is 2.45. The molecule has 4 unspecified atom stereocenters. The van der Waals surface area contributed by atoms with Crippen molar-refractivity contribution in [2.75, 3.05) is 19.7 Å². The van der Waals surface area contributed by atoms with Gasteiger partial charge in [0.15, 0.2) is 0 Å². The molecule has 3 N–H and O–H groups in total. The third-order valence-corrected chi connectivity index (χ3v) is 5.29. The summed E-state index contributed by atoms with van der Waals surface area (Å²) in [5.41, 5.74) is 5.69. The summed E-state index contributed by atoms with van der Waals surface area (Å²) in [5, 5.41) is 10.1. The molecule has 116 valence electrons. The molecule has 0 aromatic heterocycles. The van der Waals surface area contributed by atoms with E-state index in [4.69, 9.17) is 10.5 Å². The summed E-state index contributed by atoms with van der Waals surface area (Å²) in [4.78, 5) is 14.2. The molecule has 1 spiro atoms. The SMILES string of the molecule is CCOC1CC(O)C12CCN(C(=O)C(C)C(C)N)CC2. The van der Waals surface area contributed by atoms with Crippen molar-refractivity contribution in [1.82, 2.24) is 4.90 Å². The number of hydrogen-bond donors (Lipinski definition) is 2. The van der Waals surface area contributed by atoms with Gasteiger partial charge in [-0.2, -0.15) is 0 Å². The number of carbonyl (C=O) groups is 1. The van der Waals surface area contributed by atoms with Crippen molar-refractivity contribution in [1.29, 1.82) is 0 Å². The van der Waals surface area contributed by atoms with E-state index < -0.39 is 0 Å². The lowest BCUT2D eigenvalue weighted by atomic mass is 9.58. The third-order valence-electron chi connectivity index (χ3n) is 5.29. The lowest BCUT2D eigenvalue weighted by molar-refractivity contribution is -0.210. The smallest absolute Gasteiger partial charge is 0.226 e. The molecule has 1 aliphatic carbocycles. The molecule has 2 aliphatic rings. The van der Waals surface area contributed by atoms with Gasteiger partial charge in [0.2, 0.25) is 5.91 Å². The Kier molecular flexibility index (Phi) is 4.72. The number of aliphatic hydroxyl groups is 1. The molecule has 0 aromatic rings. The van der Waals surface area contributed by atoms with Crippen molar-refractivity contribution in [2.45, 2.75) is 58.3 Å². The number of rotatable bonds is 4. The fourth-order valence-electron chi connectivity index (χ4n) is 3.47. The maximum atomic E-state index is 12.3. The van der Waals surface area contributed by atoms with Crippen LogP contribution in [0.5, 0.6) is 0 Å². The summed E-state index contributed by atoms with van der Waals surface area (Å²) in [6.45, 7) is 7.84. The van der Waals surface area contributed by atoms with Crippen LogP contribution in [0.4, 0.5) is 0 Å². The molecule has 5 heteroatoms. The summed E-state index contributed by atoms with van der Waals surface area (Å²) in [6, 6.07) is -0.121. The van der Waals surface area contributed by atoms with Gasteiger partial charge in [0.05, 0.1) is 18.1 Å². The summed E-state index contributed by atoms with van der Waals surface area (Å²) >= 11 is 0. The highest BCUT2D eigenvalue weighted by atomic mass is 16.5. The van der Waals surface area contributed by atoms with Crippen LogP contribution in [0.2, 0.25) is 0 Å². The van der Waals surface area contributed by atoms with Crippen LogP contribution in [0.15, 0.2) is 0 Å². The largest absolute Gasteiger partial charge is 0.392 e. The summed E-state index contributed by atoms with van der Waals surface area (Å²) in [5.74, 6) is -0.00493. The van der Waals surface area contributed by atoms with Gasteiger partial charge in [0.25, 0.3) is 0 Å². The first-order valence-electron chi connectivity index (χ1n) is 7.76. The highest BCUT2D eigenvalue weighted by Gasteiger charge is 2.56. The molecule has 5 nitrogen and oxygen atoms in total. The van der Waals surface area contributed by atoms with Crippen LogP contribution < -0.4 is 5.73 Å². The Labute approximate surface area is 121 Å². The number of nitrogens with zero attached hydrogens (tertiary/aromatic N) is 1. The van der Waals surface area contributed by atoms with Gasteiger partial charge in [-0.25, -0.2) is 0 Å². The van der Waals surface area contributed by atoms with E-state index in [-0.39, 0.29) is 35.5 Å². The first-order valence-corrected chi connectivity index (χ1v) is 7.76. The molecule has 1 saturated heterocycles. The van der Waals surface area contributed by atoms with Gasteiger partial charge in [0.1, 0.15) is 0 Å². The van der Waals surface area contributed by atoms with E-state index in [0.29, 0.717) is 19.7 Å². The Morgan fingerprint density at radius 2 is 2.05 bits per heavy atom. The van der Waals surface area contributed by atoms with Gasteiger partial charge in [0, 0.05) is 37.6 Å². The zero-order chi connectivity index (χ0) is 14.9. The Hall–Kier alpha value is -0.650. The first kappa shape index (κ1) is 15.7. The van der Waals surface area contributed by atoms with Gasteiger partial charge in [-0.3, -0.25) is 4.79 Å². The number of amides is 1. The fourth-order valence-corrected chi connectivity index (χ4v) is 3.47. The standard InChI is InChI=1S/C15H28N2O3/c1-4-20-13-9-12(18)15(13)5-7-17(8-6-15)14(19)10(2)11(3)16/h10-13,18H,4-9,16H2,1-3H3. The van der Waals surface area contributed by atoms with Crippen molar-refractivity contribution >= 4 is 5.91 Å². The second kappa shape index (κ2) is 6.00. The quantitative estimate of drug-likeness (QED) is 0.799. The minimum atomic E-state index is -0.276. The Morgan fingerprint density at radius 3 is 2.50 bits per heavy atom. The monoisotopic (exact) mass is 284 g/mol. The zero-order valence-corrected chi connectivity index (χ0v) is 12.8. The molecule has 4 atom stereocenters. The number of likely N-dealkylation sites (tertiary alicyclic amines) is 1. The number of aliphatic hydroxyl groups excluding tert-OH is 1. The second-order valence-electron chi connectivity index (χ2n) is 6.40. The number of hydrogen-bond acceptors (Lipinski definition) is 4. The molecule has 1 aliphatic heterocycles.